The smallest absolute Gasteiger partial charge is 0.273 e. The summed E-state index contributed by atoms with van der Waals surface area (Å²) in [5, 5.41) is 12.5. The largest absolute Gasteiger partial charge is 0.289 e. The van der Waals surface area contributed by atoms with Crippen LogP contribution < -0.4 is 0 Å². The number of rotatable bonds is 2. The number of H-pyrrole nitrogens is 1. The van der Waals surface area contributed by atoms with Gasteiger partial charge in [-0.3, -0.25) is 14.5 Å². The number of thioether (sulfide) groups is 1. The van der Waals surface area contributed by atoms with Crippen LogP contribution in [0.5, 0.6) is 0 Å². The summed E-state index contributed by atoms with van der Waals surface area (Å²) < 4.78 is 0. The third kappa shape index (κ3) is 1.52. The van der Waals surface area contributed by atoms with Crippen molar-refractivity contribution in [1.29, 1.82) is 0 Å². The second kappa shape index (κ2) is 3.13. The first-order chi connectivity index (χ1) is 6.27. The normalized spacial score (nSPS) is 17.1. The zero-order chi connectivity index (χ0) is 9.26. The standard InChI is InChI=1S/C5H5N5O2S/c11-4-2-13-5(12)10(4)1-3-6-8-9-7-3/h1-2H2,(H,6,7,8,9). The maximum atomic E-state index is 11.1. The summed E-state index contributed by atoms with van der Waals surface area (Å²) in [7, 11) is 0. The Hall–Kier alpha value is -1.44. The highest BCUT2D eigenvalue weighted by atomic mass is 32.2. The van der Waals surface area contributed by atoms with Gasteiger partial charge in [-0.15, -0.1) is 5.10 Å². The second-order valence-electron chi connectivity index (χ2n) is 2.38. The molecule has 68 valence electrons. The molecule has 0 aliphatic carbocycles. The van der Waals surface area contributed by atoms with Crippen molar-refractivity contribution in [2.75, 3.05) is 5.75 Å². The first kappa shape index (κ1) is 8.17. The minimum atomic E-state index is -0.249. The molecule has 1 fully saturated rings. The van der Waals surface area contributed by atoms with Crippen molar-refractivity contribution in [2.45, 2.75) is 6.54 Å². The lowest BCUT2D eigenvalue weighted by Gasteiger charge is -2.08. The van der Waals surface area contributed by atoms with Gasteiger partial charge in [0, 0.05) is 0 Å². The van der Waals surface area contributed by atoms with Gasteiger partial charge in [0.05, 0.1) is 12.3 Å². The van der Waals surface area contributed by atoms with Crippen LogP contribution in [0.1, 0.15) is 5.82 Å². The van der Waals surface area contributed by atoms with Gasteiger partial charge in [-0.2, -0.15) is 0 Å². The summed E-state index contributed by atoms with van der Waals surface area (Å²) in [5.74, 6) is 0.413. The van der Waals surface area contributed by atoms with E-state index in [0.717, 1.165) is 16.7 Å². The summed E-state index contributed by atoms with van der Waals surface area (Å²) in [5.41, 5.74) is 0. The van der Waals surface area contributed by atoms with Gasteiger partial charge < -0.3 is 0 Å². The number of nitrogens with zero attached hydrogens (tertiary/aromatic N) is 4. The molecule has 0 spiro atoms. The third-order valence-electron chi connectivity index (χ3n) is 1.54. The summed E-state index contributed by atoms with van der Waals surface area (Å²) in [6.45, 7) is 0.123. The number of imide groups is 1. The van der Waals surface area contributed by atoms with Gasteiger partial charge in [-0.05, 0) is 10.4 Å². The quantitative estimate of drug-likeness (QED) is 0.683. The molecule has 13 heavy (non-hydrogen) atoms. The van der Waals surface area contributed by atoms with E-state index in [1.165, 1.54) is 0 Å². The molecule has 0 atom stereocenters. The maximum absolute atomic E-state index is 11.1. The fourth-order valence-corrected chi connectivity index (χ4v) is 1.65. The molecule has 0 saturated carbocycles. The Kier molecular flexibility index (Phi) is 1.97. The first-order valence-corrected chi connectivity index (χ1v) is 4.45. The number of tetrazole rings is 1. The molecule has 0 bridgehead atoms. The van der Waals surface area contributed by atoms with Crippen molar-refractivity contribution < 1.29 is 9.59 Å². The second-order valence-corrected chi connectivity index (χ2v) is 3.31. The Bertz CT molecular complexity index is 321. The van der Waals surface area contributed by atoms with Crippen molar-refractivity contribution >= 4 is 22.9 Å². The van der Waals surface area contributed by atoms with Crippen molar-refractivity contribution in [3.63, 3.8) is 0 Å². The molecular formula is C5H5N5O2S. The summed E-state index contributed by atoms with van der Waals surface area (Å²) in [4.78, 5) is 23.3. The number of amides is 2. The number of carbonyl (C=O) groups excluding carboxylic acids is 2. The minimum absolute atomic E-state index is 0.123. The van der Waals surface area contributed by atoms with Crippen LogP contribution in [0, 0.1) is 0 Å². The van der Waals surface area contributed by atoms with Gasteiger partial charge in [0.1, 0.15) is 0 Å². The van der Waals surface area contributed by atoms with Crippen molar-refractivity contribution in [3.05, 3.63) is 5.82 Å². The molecule has 1 aromatic rings. The number of hydrogen-bond acceptors (Lipinski definition) is 6. The van der Waals surface area contributed by atoms with E-state index in [1.54, 1.807) is 0 Å². The van der Waals surface area contributed by atoms with Crippen LogP contribution in [0.2, 0.25) is 0 Å². The predicted octanol–water partition coefficient (Wildman–Crippen LogP) is -0.605. The molecule has 0 radical (unpaired) electrons. The van der Waals surface area contributed by atoms with Gasteiger partial charge in [-0.1, -0.05) is 11.8 Å². The van der Waals surface area contributed by atoms with Crippen LogP contribution in [-0.2, 0) is 11.3 Å². The molecule has 2 amide bonds. The average Bonchev–Trinajstić information content (AvgIpc) is 2.70. The SMILES string of the molecule is O=C1CSC(=O)N1Cc1nnn[nH]1. The van der Waals surface area contributed by atoms with Crippen LogP contribution in [0.15, 0.2) is 0 Å². The number of carbonyl (C=O) groups is 2. The van der Waals surface area contributed by atoms with Crippen molar-refractivity contribution in [2.24, 2.45) is 0 Å². The third-order valence-corrected chi connectivity index (χ3v) is 2.40. The van der Waals surface area contributed by atoms with E-state index < -0.39 is 0 Å². The number of nitrogens with one attached hydrogen (secondary N) is 1. The fraction of sp³-hybridized carbons (Fsp3) is 0.400. The summed E-state index contributed by atoms with van der Waals surface area (Å²) >= 11 is 0.990. The van der Waals surface area contributed by atoms with Crippen LogP contribution in [0.25, 0.3) is 0 Å². The van der Waals surface area contributed by atoms with Crippen LogP contribution in [0.3, 0.4) is 0 Å². The van der Waals surface area contributed by atoms with Gasteiger partial charge in [0.2, 0.25) is 5.91 Å². The molecule has 2 heterocycles. The topological polar surface area (TPSA) is 91.8 Å². The first-order valence-electron chi connectivity index (χ1n) is 3.47. The van der Waals surface area contributed by atoms with Crippen LogP contribution in [-0.4, -0.2) is 42.4 Å². The molecule has 1 aliphatic rings. The molecule has 1 aromatic heterocycles. The number of aromatic nitrogens is 4. The zero-order valence-corrected chi connectivity index (χ0v) is 7.24. The fourth-order valence-electron chi connectivity index (χ4n) is 0.929. The Balaban J connectivity index is 2.09. The molecule has 0 unspecified atom stereocenters. The highest BCUT2D eigenvalue weighted by Crippen LogP contribution is 2.19. The van der Waals surface area contributed by atoms with Gasteiger partial charge in [0.15, 0.2) is 5.82 Å². The Labute approximate surface area is 76.9 Å². The molecular weight excluding hydrogens is 194 g/mol. The minimum Gasteiger partial charge on any atom is -0.273 e. The maximum Gasteiger partial charge on any atom is 0.289 e. The molecule has 1 N–H and O–H groups in total. The Morgan fingerprint density at radius 2 is 2.38 bits per heavy atom. The van der Waals surface area contributed by atoms with E-state index in [9.17, 15) is 9.59 Å². The summed E-state index contributed by atoms with van der Waals surface area (Å²) in [6.07, 6.45) is 0. The van der Waals surface area contributed by atoms with Gasteiger partial charge >= 0.3 is 0 Å². The molecule has 7 nitrogen and oxygen atoms in total. The van der Waals surface area contributed by atoms with Crippen molar-refractivity contribution in [3.8, 4) is 0 Å². The Morgan fingerprint density at radius 1 is 1.54 bits per heavy atom. The van der Waals surface area contributed by atoms with E-state index >= 15 is 0 Å². The molecule has 0 aromatic carbocycles. The van der Waals surface area contributed by atoms with Crippen LogP contribution in [0.4, 0.5) is 4.79 Å². The summed E-state index contributed by atoms with van der Waals surface area (Å²) in [6, 6.07) is 0. The van der Waals surface area contributed by atoms with E-state index in [0.29, 0.717) is 5.82 Å². The van der Waals surface area contributed by atoms with E-state index in [4.69, 9.17) is 0 Å². The average molecular weight is 199 g/mol. The van der Waals surface area contributed by atoms with E-state index in [1.807, 2.05) is 0 Å². The van der Waals surface area contributed by atoms with Gasteiger partial charge in [0.25, 0.3) is 5.24 Å². The zero-order valence-electron chi connectivity index (χ0n) is 6.43. The lowest BCUT2D eigenvalue weighted by Crippen LogP contribution is -2.28. The molecule has 2 rings (SSSR count). The predicted molar refractivity (Wildman–Crippen MR) is 42.6 cm³/mol. The number of aromatic amines is 1. The monoisotopic (exact) mass is 199 g/mol. The lowest BCUT2D eigenvalue weighted by atomic mass is 10.5. The van der Waals surface area contributed by atoms with E-state index in [2.05, 4.69) is 20.6 Å². The van der Waals surface area contributed by atoms with Crippen molar-refractivity contribution in [1.82, 2.24) is 25.5 Å². The molecule has 8 heteroatoms. The van der Waals surface area contributed by atoms with E-state index in [-0.39, 0.29) is 23.4 Å². The number of hydrogen-bond donors (Lipinski definition) is 1. The molecule has 1 saturated heterocycles. The highest BCUT2D eigenvalue weighted by Gasteiger charge is 2.30. The van der Waals surface area contributed by atoms with Crippen LogP contribution >= 0.6 is 11.8 Å². The van der Waals surface area contributed by atoms with Gasteiger partial charge in [-0.25, -0.2) is 5.10 Å². The lowest BCUT2D eigenvalue weighted by molar-refractivity contribution is -0.125. The molecule has 1 aliphatic heterocycles. The highest BCUT2D eigenvalue weighted by molar-refractivity contribution is 8.14. The Morgan fingerprint density at radius 3 is 2.92 bits per heavy atom.